The van der Waals surface area contributed by atoms with Gasteiger partial charge in [0.2, 0.25) is 0 Å². The number of halogens is 1. The number of rotatable bonds is 8. The van der Waals surface area contributed by atoms with E-state index >= 15 is 0 Å². The zero-order chi connectivity index (χ0) is 23.5. The van der Waals surface area contributed by atoms with Crippen molar-refractivity contribution in [2.24, 2.45) is 0 Å². The van der Waals surface area contributed by atoms with Gasteiger partial charge in [-0.1, -0.05) is 38.1 Å². The van der Waals surface area contributed by atoms with Gasteiger partial charge in [0.25, 0.3) is 0 Å². The molecular weight excluding hydrogens is 417 g/mol. The number of hydrogen-bond donors (Lipinski definition) is 1. The molecule has 0 radical (unpaired) electrons. The van der Waals surface area contributed by atoms with E-state index in [-0.39, 0.29) is 17.6 Å². The second kappa shape index (κ2) is 9.58. The topological polar surface area (TPSA) is 69.2 Å². The first kappa shape index (κ1) is 22.7. The van der Waals surface area contributed by atoms with Gasteiger partial charge in [0.05, 0.1) is 5.39 Å². The van der Waals surface area contributed by atoms with E-state index in [2.05, 4.69) is 53.3 Å². The third-order valence-electron chi connectivity index (χ3n) is 5.92. The van der Waals surface area contributed by atoms with Crippen LogP contribution in [0, 0.1) is 5.82 Å². The average molecular weight is 448 g/mol. The molecule has 0 aliphatic rings. The molecular formula is C26H30FN5O. The first-order valence-corrected chi connectivity index (χ1v) is 11.3. The van der Waals surface area contributed by atoms with Gasteiger partial charge in [0.15, 0.2) is 11.6 Å². The molecule has 0 unspecified atom stereocenters. The summed E-state index contributed by atoms with van der Waals surface area (Å²) >= 11 is 0. The Morgan fingerprint density at radius 3 is 2.45 bits per heavy atom. The number of hydrogen-bond acceptors (Lipinski definition) is 5. The quantitative estimate of drug-likeness (QED) is 0.357. The van der Waals surface area contributed by atoms with Crippen molar-refractivity contribution >= 4 is 16.9 Å². The first-order valence-electron chi connectivity index (χ1n) is 11.3. The van der Waals surface area contributed by atoms with Gasteiger partial charge in [0, 0.05) is 29.9 Å². The van der Waals surface area contributed by atoms with Gasteiger partial charge in [-0.2, -0.15) is 0 Å². The van der Waals surface area contributed by atoms with E-state index in [1.165, 1.54) is 12.4 Å². The maximum Gasteiger partial charge on any atom is 0.167 e. The lowest BCUT2D eigenvalue weighted by atomic mass is 10.1. The largest absolute Gasteiger partial charge is 0.454 e. The Morgan fingerprint density at radius 1 is 1.06 bits per heavy atom. The smallest absolute Gasteiger partial charge is 0.167 e. The van der Waals surface area contributed by atoms with E-state index in [4.69, 9.17) is 10.5 Å². The summed E-state index contributed by atoms with van der Waals surface area (Å²) < 4.78 is 22.8. The van der Waals surface area contributed by atoms with Crippen LogP contribution in [0.15, 0.2) is 55.0 Å². The highest BCUT2D eigenvalue weighted by Gasteiger charge is 2.17. The fourth-order valence-electron chi connectivity index (χ4n) is 4.02. The van der Waals surface area contributed by atoms with Crippen LogP contribution in [0.2, 0.25) is 0 Å². The molecule has 0 amide bonds. The molecule has 0 bridgehead atoms. The van der Waals surface area contributed by atoms with Crippen molar-refractivity contribution in [1.82, 2.24) is 19.4 Å². The molecule has 0 aliphatic carbocycles. The van der Waals surface area contributed by atoms with Gasteiger partial charge < -0.3 is 15.0 Å². The van der Waals surface area contributed by atoms with Crippen molar-refractivity contribution in [3.05, 3.63) is 66.4 Å². The molecule has 0 atom stereocenters. The first-order chi connectivity index (χ1) is 15.9. The second-order valence-corrected chi connectivity index (χ2v) is 8.32. The molecule has 6 nitrogen and oxygen atoms in total. The van der Waals surface area contributed by atoms with E-state index in [1.54, 1.807) is 6.07 Å². The number of benzene rings is 2. The number of para-hydroxylation sites is 1. The molecule has 0 aliphatic heterocycles. The van der Waals surface area contributed by atoms with Crippen molar-refractivity contribution in [1.29, 1.82) is 0 Å². The highest BCUT2D eigenvalue weighted by Crippen LogP contribution is 2.36. The zero-order valence-corrected chi connectivity index (χ0v) is 19.5. The highest BCUT2D eigenvalue weighted by molar-refractivity contribution is 6.00. The normalized spacial score (nSPS) is 11.6. The predicted octanol–water partition coefficient (Wildman–Crippen LogP) is 6.03. The van der Waals surface area contributed by atoms with Gasteiger partial charge in [-0.15, -0.1) is 0 Å². The molecule has 0 spiro atoms. The van der Waals surface area contributed by atoms with Crippen LogP contribution in [-0.2, 0) is 6.54 Å². The average Bonchev–Trinajstić information content (AvgIpc) is 3.21. The Morgan fingerprint density at radius 2 is 1.79 bits per heavy atom. The van der Waals surface area contributed by atoms with E-state index in [0.29, 0.717) is 18.1 Å². The molecule has 2 aromatic heterocycles. The summed E-state index contributed by atoms with van der Waals surface area (Å²) in [4.78, 5) is 10.8. The maximum absolute atomic E-state index is 14.7. The summed E-state index contributed by atoms with van der Waals surface area (Å²) in [6.07, 6.45) is 3.54. The fourth-order valence-corrected chi connectivity index (χ4v) is 4.02. The monoisotopic (exact) mass is 447 g/mol. The Bertz CT molecular complexity index is 1250. The number of aromatic nitrogens is 3. The van der Waals surface area contributed by atoms with E-state index in [9.17, 15) is 4.39 Å². The standard InChI is InChI=1S/C26H30FN5O/c1-5-31(6-2)14-19-8-7-9-22(27)24(19)33-20-12-10-18(11-13-20)21-15-32(17(3)4)26-23(21)25(28)29-16-30-26/h7-13,15-17H,5-6,14H2,1-4H3,(H2,28,29,30). The number of nitrogens with zero attached hydrogens (tertiary/aromatic N) is 4. The summed E-state index contributed by atoms with van der Waals surface area (Å²) in [5.41, 5.74) is 9.75. The minimum Gasteiger partial charge on any atom is -0.454 e. The van der Waals surface area contributed by atoms with Gasteiger partial charge in [-0.25, -0.2) is 14.4 Å². The Kier molecular flexibility index (Phi) is 6.60. The van der Waals surface area contributed by atoms with Gasteiger partial charge >= 0.3 is 0 Å². The molecule has 172 valence electrons. The van der Waals surface area contributed by atoms with Gasteiger partial charge in [0.1, 0.15) is 23.5 Å². The molecule has 0 fully saturated rings. The minimum atomic E-state index is -0.367. The van der Waals surface area contributed by atoms with Crippen LogP contribution < -0.4 is 10.5 Å². The summed E-state index contributed by atoms with van der Waals surface area (Å²) in [5.74, 6) is 0.920. The predicted molar refractivity (Wildman–Crippen MR) is 131 cm³/mol. The van der Waals surface area contributed by atoms with Crippen molar-refractivity contribution in [3.63, 3.8) is 0 Å². The van der Waals surface area contributed by atoms with Gasteiger partial charge in [-0.05, 0) is 50.7 Å². The zero-order valence-electron chi connectivity index (χ0n) is 19.5. The van der Waals surface area contributed by atoms with Gasteiger partial charge in [-0.3, -0.25) is 4.90 Å². The summed E-state index contributed by atoms with van der Waals surface area (Å²) in [6.45, 7) is 10.8. The molecule has 2 aromatic carbocycles. The van der Waals surface area contributed by atoms with Crippen LogP contribution >= 0.6 is 0 Å². The summed E-state index contributed by atoms with van der Waals surface area (Å²) in [5, 5.41) is 0.829. The molecule has 0 saturated heterocycles. The lowest BCUT2D eigenvalue weighted by molar-refractivity contribution is 0.290. The molecule has 4 rings (SSSR count). The second-order valence-electron chi connectivity index (χ2n) is 8.32. The lowest BCUT2D eigenvalue weighted by Crippen LogP contribution is -2.22. The maximum atomic E-state index is 14.7. The van der Waals surface area contributed by atoms with Crippen molar-refractivity contribution in [2.75, 3.05) is 18.8 Å². The molecule has 7 heteroatoms. The lowest BCUT2D eigenvalue weighted by Gasteiger charge is -2.20. The highest BCUT2D eigenvalue weighted by atomic mass is 19.1. The number of anilines is 1. The van der Waals surface area contributed by atoms with Crippen LogP contribution in [0.5, 0.6) is 11.5 Å². The van der Waals surface area contributed by atoms with E-state index in [1.807, 2.05) is 30.3 Å². The van der Waals surface area contributed by atoms with Crippen LogP contribution in [0.1, 0.15) is 39.3 Å². The SMILES string of the molecule is CCN(CC)Cc1cccc(F)c1Oc1ccc(-c2cn(C(C)C)c3ncnc(N)c23)cc1. The molecule has 4 aromatic rings. The number of nitrogen functional groups attached to an aromatic ring is 1. The fraction of sp³-hybridized carbons (Fsp3) is 0.308. The third-order valence-corrected chi connectivity index (χ3v) is 5.92. The van der Waals surface area contributed by atoms with Crippen LogP contribution in [0.3, 0.4) is 0 Å². The van der Waals surface area contributed by atoms with E-state index in [0.717, 1.165) is 40.8 Å². The Labute approximate surface area is 193 Å². The van der Waals surface area contributed by atoms with Crippen LogP contribution in [0.4, 0.5) is 10.2 Å². The Balaban J connectivity index is 1.67. The molecule has 2 N–H and O–H groups in total. The molecule has 0 saturated carbocycles. The van der Waals surface area contributed by atoms with Crippen molar-refractivity contribution in [3.8, 4) is 22.6 Å². The third kappa shape index (κ3) is 4.54. The van der Waals surface area contributed by atoms with Crippen molar-refractivity contribution in [2.45, 2.75) is 40.3 Å². The molecule has 2 heterocycles. The summed E-state index contributed by atoms with van der Waals surface area (Å²) in [7, 11) is 0. The number of fused-ring (bicyclic) bond motifs is 1. The summed E-state index contributed by atoms with van der Waals surface area (Å²) in [6, 6.07) is 12.9. The van der Waals surface area contributed by atoms with Crippen molar-refractivity contribution < 1.29 is 9.13 Å². The Hall–Kier alpha value is -3.45. The number of nitrogens with two attached hydrogens (primary N) is 1. The minimum absolute atomic E-state index is 0.225. The van der Waals surface area contributed by atoms with Crippen LogP contribution in [-0.4, -0.2) is 32.5 Å². The van der Waals surface area contributed by atoms with Crippen LogP contribution in [0.25, 0.3) is 22.2 Å². The molecule has 33 heavy (non-hydrogen) atoms. The van der Waals surface area contributed by atoms with E-state index < -0.39 is 0 Å². The number of ether oxygens (including phenoxy) is 1.